The highest BCUT2D eigenvalue weighted by Crippen LogP contribution is 2.21. The molecule has 1 saturated heterocycles. The normalized spacial score (nSPS) is 45.8. The molecule has 0 aromatic carbocycles. The topological polar surface area (TPSA) is 49.7 Å². The van der Waals surface area contributed by atoms with E-state index in [0.29, 0.717) is 6.61 Å². The van der Waals surface area contributed by atoms with Gasteiger partial charge in [-0.3, -0.25) is 0 Å². The van der Waals surface area contributed by atoms with E-state index in [4.69, 9.17) is 4.74 Å². The van der Waals surface area contributed by atoms with Crippen LogP contribution in [0.2, 0.25) is 0 Å². The van der Waals surface area contributed by atoms with Gasteiger partial charge in [-0.15, -0.1) is 0 Å². The predicted molar refractivity (Wildman–Crippen MR) is 41.2 cm³/mol. The third-order valence-corrected chi connectivity index (χ3v) is 2.29. The van der Waals surface area contributed by atoms with Gasteiger partial charge in [0.15, 0.2) is 0 Å². The van der Waals surface area contributed by atoms with Crippen molar-refractivity contribution in [3.8, 4) is 0 Å². The van der Waals surface area contributed by atoms with Crippen LogP contribution in [0.5, 0.6) is 0 Å². The lowest BCUT2D eigenvalue weighted by molar-refractivity contribution is -0.160. The van der Waals surface area contributed by atoms with E-state index >= 15 is 0 Å². The maximum absolute atomic E-state index is 9.43. The van der Waals surface area contributed by atoms with Crippen LogP contribution in [0, 0.1) is 5.92 Å². The van der Waals surface area contributed by atoms with E-state index < -0.39 is 12.2 Å². The van der Waals surface area contributed by atoms with Gasteiger partial charge in [-0.2, -0.15) is 0 Å². The van der Waals surface area contributed by atoms with Crippen molar-refractivity contribution in [3.05, 3.63) is 0 Å². The molecule has 3 heteroatoms. The molecule has 4 atom stereocenters. The Morgan fingerprint density at radius 2 is 2.00 bits per heavy atom. The SMILES string of the molecule is CCC1OCC(C)[C@H](O)[C@@H]1O. The van der Waals surface area contributed by atoms with Gasteiger partial charge in [0.25, 0.3) is 0 Å². The molecule has 3 nitrogen and oxygen atoms in total. The molecule has 11 heavy (non-hydrogen) atoms. The Morgan fingerprint density at radius 3 is 2.55 bits per heavy atom. The highest BCUT2D eigenvalue weighted by Gasteiger charge is 2.34. The van der Waals surface area contributed by atoms with Crippen molar-refractivity contribution < 1.29 is 14.9 Å². The van der Waals surface area contributed by atoms with Gasteiger partial charge in [0.05, 0.1) is 18.8 Å². The van der Waals surface area contributed by atoms with Crippen molar-refractivity contribution in [1.29, 1.82) is 0 Å². The van der Waals surface area contributed by atoms with Gasteiger partial charge in [0.1, 0.15) is 6.10 Å². The minimum absolute atomic E-state index is 0.0489. The summed E-state index contributed by atoms with van der Waals surface area (Å²) in [6.45, 7) is 4.37. The lowest BCUT2D eigenvalue weighted by atomic mass is 9.93. The first kappa shape index (κ1) is 8.97. The van der Waals surface area contributed by atoms with Gasteiger partial charge in [0.2, 0.25) is 0 Å². The van der Waals surface area contributed by atoms with Gasteiger partial charge >= 0.3 is 0 Å². The molecule has 66 valence electrons. The lowest BCUT2D eigenvalue weighted by Crippen LogP contribution is -2.48. The Labute approximate surface area is 67.0 Å². The molecule has 2 N–H and O–H groups in total. The molecule has 0 saturated carbocycles. The van der Waals surface area contributed by atoms with Crippen molar-refractivity contribution >= 4 is 0 Å². The molecule has 1 fully saturated rings. The number of ether oxygens (including phenoxy) is 1. The van der Waals surface area contributed by atoms with Gasteiger partial charge in [0, 0.05) is 5.92 Å². The van der Waals surface area contributed by atoms with Crippen LogP contribution < -0.4 is 0 Å². The molecule has 0 aliphatic carbocycles. The molecule has 0 spiro atoms. The number of hydrogen-bond donors (Lipinski definition) is 2. The van der Waals surface area contributed by atoms with Crippen LogP contribution in [0.25, 0.3) is 0 Å². The van der Waals surface area contributed by atoms with Crippen LogP contribution >= 0.6 is 0 Å². The standard InChI is InChI=1S/C8H16O3/c1-3-6-8(10)7(9)5(2)4-11-6/h5-10H,3-4H2,1-2H3/t5?,6?,7-,8+/m0/s1. The highest BCUT2D eigenvalue weighted by molar-refractivity contribution is 4.83. The van der Waals surface area contributed by atoms with Crippen molar-refractivity contribution in [2.45, 2.75) is 38.6 Å². The third kappa shape index (κ3) is 1.72. The van der Waals surface area contributed by atoms with E-state index in [9.17, 15) is 10.2 Å². The van der Waals surface area contributed by atoms with Gasteiger partial charge in [-0.05, 0) is 6.42 Å². The minimum atomic E-state index is -0.705. The van der Waals surface area contributed by atoms with Crippen LogP contribution in [0.4, 0.5) is 0 Å². The average molecular weight is 160 g/mol. The molecule has 1 rings (SSSR count). The summed E-state index contributed by atoms with van der Waals surface area (Å²) in [6, 6.07) is 0. The zero-order chi connectivity index (χ0) is 8.43. The Balaban J connectivity index is 2.52. The molecule has 0 aromatic rings. The monoisotopic (exact) mass is 160 g/mol. The predicted octanol–water partition coefficient (Wildman–Crippen LogP) is 0.153. The van der Waals surface area contributed by atoms with Crippen molar-refractivity contribution in [3.63, 3.8) is 0 Å². The molecule has 0 amide bonds. The summed E-state index contributed by atoms with van der Waals surface area (Å²) in [7, 11) is 0. The lowest BCUT2D eigenvalue weighted by Gasteiger charge is -2.35. The number of aliphatic hydroxyl groups excluding tert-OH is 2. The van der Waals surface area contributed by atoms with E-state index in [1.807, 2.05) is 13.8 Å². The van der Waals surface area contributed by atoms with E-state index in [-0.39, 0.29) is 12.0 Å². The summed E-state index contributed by atoms with van der Waals surface area (Å²) in [5, 5.41) is 18.9. The molecule has 0 aromatic heterocycles. The van der Waals surface area contributed by atoms with Crippen LogP contribution in [-0.2, 0) is 4.74 Å². The highest BCUT2D eigenvalue weighted by atomic mass is 16.5. The Hall–Kier alpha value is -0.120. The third-order valence-electron chi connectivity index (χ3n) is 2.29. The van der Waals surface area contributed by atoms with E-state index in [1.165, 1.54) is 0 Å². The van der Waals surface area contributed by atoms with Crippen molar-refractivity contribution in [2.24, 2.45) is 5.92 Å². The fourth-order valence-electron chi connectivity index (χ4n) is 1.39. The maximum atomic E-state index is 9.43. The summed E-state index contributed by atoms with van der Waals surface area (Å²) in [6.07, 6.45) is -0.746. The second-order valence-corrected chi connectivity index (χ2v) is 3.24. The smallest absolute Gasteiger partial charge is 0.106 e. The summed E-state index contributed by atoms with van der Waals surface area (Å²) >= 11 is 0. The summed E-state index contributed by atoms with van der Waals surface area (Å²) in [4.78, 5) is 0. The van der Waals surface area contributed by atoms with Crippen molar-refractivity contribution in [2.75, 3.05) is 6.61 Å². The number of hydrogen-bond acceptors (Lipinski definition) is 3. The van der Waals surface area contributed by atoms with Crippen LogP contribution in [0.1, 0.15) is 20.3 Å². The summed E-state index contributed by atoms with van der Waals surface area (Å²) in [5.74, 6) is 0.0489. The number of aliphatic hydroxyl groups is 2. The van der Waals surface area contributed by atoms with Gasteiger partial charge in [-0.25, -0.2) is 0 Å². The molecule has 1 aliphatic rings. The quantitative estimate of drug-likeness (QED) is 0.574. The summed E-state index contributed by atoms with van der Waals surface area (Å²) < 4.78 is 5.31. The van der Waals surface area contributed by atoms with Crippen molar-refractivity contribution in [1.82, 2.24) is 0 Å². The molecule has 2 unspecified atom stereocenters. The van der Waals surface area contributed by atoms with E-state index in [0.717, 1.165) is 6.42 Å². The molecule has 1 aliphatic heterocycles. The second-order valence-electron chi connectivity index (χ2n) is 3.24. The fraction of sp³-hybridized carbons (Fsp3) is 1.00. The first-order valence-electron chi connectivity index (χ1n) is 4.14. The molecular formula is C8H16O3. The Kier molecular flexibility index (Phi) is 2.87. The van der Waals surface area contributed by atoms with Gasteiger partial charge < -0.3 is 14.9 Å². The fourth-order valence-corrected chi connectivity index (χ4v) is 1.39. The molecule has 1 heterocycles. The summed E-state index contributed by atoms with van der Waals surface area (Å²) in [5.41, 5.74) is 0. The second kappa shape index (κ2) is 3.52. The van der Waals surface area contributed by atoms with E-state index in [2.05, 4.69) is 0 Å². The Bertz CT molecular complexity index is 125. The van der Waals surface area contributed by atoms with Crippen LogP contribution in [0.15, 0.2) is 0 Å². The first-order valence-corrected chi connectivity index (χ1v) is 4.14. The molecular weight excluding hydrogens is 144 g/mol. The zero-order valence-electron chi connectivity index (χ0n) is 7.03. The average Bonchev–Trinajstić information content (AvgIpc) is 2.01. The molecule has 0 bridgehead atoms. The van der Waals surface area contributed by atoms with Crippen LogP contribution in [-0.4, -0.2) is 35.1 Å². The maximum Gasteiger partial charge on any atom is 0.106 e. The first-order chi connectivity index (χ1) is 5.16. The zero-order valence-corrected chi connectivity index (χ0v) is 7.03. The molecule has 0 radical (unpaired) electrons. The van der Waals surface area contributed by atoms with E-state index in [1.54, 1.807) is 0 Å². The van der Waals surface area contributed by atoms with Gasteiger partial charge in [-0.1, -0.05) is 13.8 Å². The Morgan fingerprint density at radius 1 is 1.36 bits per heavy atom. The van der Waals surface area contributed by atoms with Crippen LogP contribution in [0.3, 0.4) is 0 Å². The minimum Gasteiger partial charge on any atom is -0.390 e. The number of rotatable bonds is 1. The largest absolute Gasteiger partial charge is 0.390 e.